The Labute approximate surface area is 171 Å². The van der Waals surface area contributed by atoms with Crippen LogP contribution < -0.4 is 10.5 Å². The van der Waals surface area contributed by atoms with Crippen LogP contribution in [0.15, 0.2) is 64.6 Å². The van der Waals surface area contributed by atoms with Gasteiger partial charge in [0.05, 0.1) is 16.3 Å². The van der Waals surface area contributed by atoms with E-state index in [4.69, 9.17) is 12.2 Å². The van der Waals surface area contributed by atoms with Crippen molar-refractivity contribution in [3.8, 4) is 5.69 Å². The highest BCUT2D eigenvalue weighted by Gasteiger charge is 2.37. The first-order valence-corrected chi connectivity index (χ1v) is 9.73. The highest BCUT2D eigenvalue weighted by molar-refractivity contribution is 8.27. The van der Waals surface area contributed by atoms with Crippen molar-refractivity contribution in [1.29, 1.82) is 0 Å². The number of aromatic nitrogens is 3. The zero-order valence-electron chi connectivity index (χ0n) is 15.2. The molecule has 0 spiro atoms. The summed E-state index contributed by atoms with van der Waals surface area (Å²) in [5, 5.41) is 0. The Bertz CT molecular complexity index is 1160. The van der Waals surface area contributed by atoms with Crippen LogP contribution in [-0.4, -0.2) is 24.6 Å². The van der Waals surface area contributed by atoms with E-state index in [1.165, 1.54) is 21.3 Å². The molecule has 8 heteroatoms. The van der Waals surface area contributed by atoms with E-state index in [2.05, 4.69) is 4.98 Å². The maximum atomic E-state index is 13.2. The molecule has 0 radical (unpaired) electrons. The molecule has 1 fully saturated rings. The van der Waals surface area contributed by atoms with E-state index in [-0.39, 0.29) is 17.2 Å². The first kappa shape index (κ1) is 18.4. The molecular weight excluding hydrogens is 392 g/mol. The quantitative estimate of drug-likeness (QED) is 0.492. The second-order valence-electron chi connectivity index (χ2n) is 6.21. The van der Waals surface area contributed by atoms with Crippen LogP contribution in [-0.2, 0) is 11.8 Å². The Morgan fingerprint density at radius 1 is 1.11 bits per heavy atom. The molecule has 1 aromatic carbocycles. The highest BCUT2D eigenvalue weighted by Crippen LogP contribution is 2.36. The minimum absolute atomic E-state index is 0.281. The molecule has 0 saturated carbocycles. The molecule has 1 amide bonds. The van der Waals surface area contributed by atoms with Gasteiger partial charge in [0.15, 0.2) is 4.32 Å². The number of pyridine rings is 1. The molecule has 6 nitrogen and oxygen atoms in total. The monoisotopic (exact) mass is 408 g/mol. The summed E-state index contributed by atoms with van der Waals surface area (Å²) in [7, 11) is 1.79. The molecular formula is C20H16N4O2S2. The first-order valence-electron chi connectivity index (χ1n) is 8.51. The van der Waals surface area contributed by atoms with E-state index in [0.717, 1.165) is 11.3 Å². The molecule has 1 aliphatic heterocycles. The summed E-state index contributed by atoms with van der Waals surface area (Å²) in [4.78, 5) is 32.1. The van der Waals surface area contributed by atoms with Gasteiger partial charge in [-0.05, 0) is 36.8 Å². The summed E-state index contributed by atoms with van der Waals surface area (Å²) in [6.45, 7) is 1.81. The number of carbonyl (C=O) groups excluding carboxylic acids is 1. The fraction of sp³-hybridized carbons (Fsp3) is 0.100. The summed E-state index contributed by atoms with van der Waals surface area (Å²) in [5.41, 5.74) is 2.18. The van der Waals surface area contributed by atoms with Crippen molar-refractivity contribution in [3.05, 3.63) is 81.4 Å². The van der Waals surface area contributed by atoms with E-state index >= 15 is 0 Å². The van der Waals surface area contributed by atoms with Crippen LogP contribution in [0.2, 0.25) is 0 Å². The Balaban J connectivity index is 1.80. The van der Waals surface area contributed by atoms with E-state index < -0.39 is 0 Å². The molecule has 140 valence electrons. The molecule has 2 aromatic heterocycles. The third kappa shape index (κ3) is 3.00. The number of hydrogen-bond donors (Lipinski definition) is 0. The Kier molecular flexibility index (Phi) is 4.74. The number of rotatable bonds is 3. The molecule has 3 aromatic rings. The average Bonchev–Trinajstić information content (AvgIpc) is 3.09. The van der Waals surface area contributed by atoms with E-state index in [0.29, 0.717) is 14.9 Å². The maximum Gasteiger partial charge on any atom is 0.296 e. The highest BCUT2D eigenvalue weighted by atomic mass is 32.2. The zero-order valence-corrected chi connectivity index (χ0v) is 16.8. The summed E-state index contributed by atoms with van der Waals surface area (Å²) in [6.07, 6.45) is 5.07. The van der Waals surface area contributed by atoms with Crippen molar-refractivity contribution in [2.45, 2.75) is 6.92 Å². The zero-order chi connectivity index (χ0) is 19.8. The van der Waals surface area contributed by atoms with Gasteiger partial charge in [0, 0.05) is 19.4 Å². The van der Waals surface area contributed by atoms with Crippen LogP contribution >= 0.6 is 24.0 Å². The lowest BCUT2D eigenvalue weighted by Gasteiger charge is -2.12. The molecule has 4 rings (SSSR count). The van der Waals surface area contributed by atoms with Crippen LogP contribution in [0, 0.1) is 6.92 Å². The van der Waals surface area contributed by atoms with Gasteiger partial charge in [-0.15, -0.1) is 0 Å². The summed E-state index contributed by atoms with van der Waals surface area (Å²) in [6, 6.07) is 13.0. The molecule has 1 aliphatic rings. The van der Waals surface area contributed by atoms with Crippen LogP contribution in [0.1, 0.15) is 11.3 Å². The van der Waals surface area contributed by atoms with Crippen molar-refractivity contribution in [3.63, 3.8) is 0 Å². The average molecular weight is 409 g/mol. The number of thioether (sulfide) groups is 1. The lowest BCUT2D eigenvalue weighted by atomic mass is 10.2. The molecule has 0 unspecified atom stereocenters. The largest absolute Gasteiger partial charge is 0.296 e. The molecule has 28 heavy (non-hydrogen) atoms. The van der Waals surface area contributed by atoms with E-state index in [1.54, 1.807) is 43.2 Å². The number of anilines is 1. The normalized spacial score (nSPS) is 15.6. The first-order chi connectivity index (χ1) is 13.5. The fourth-order valence-corrected chi connectivity index (χ4v) is 4.36. The van der Waals surface area contributed by atoms with E-state index in [9.17, 15) is 9.59 Å². The number of nitrogens with zero attached hydrogens (tertiary/aromatic N) is 4. The van der Waals surface area contributed by atoms with Crippen LogP contribution in [0.25, 0.3) is 11.8 Å². The topological polar surface area (TPSA) is 60.1 Å². The molecule has 0 N–H and O–H groups in total. The molecule has 1 saturated heterocycles. The molecule has 0 bridgehead atoms. The number of hydrogen-bond acceptors (Lipinski definition) is 5. The van der Waals surface area contributed by atoms with Crippen molar-refractivity contribution >= 4 is 46.0 Å². The standard InChI is InChI=1S/C20H16N4O2S2/c1-13-17(19(26)24(22(13)2)15-8-4-3-5-9-15)23-18(25)16(28-20(23)27)11-14-7-6-10-21-12-14/h3-12H,1-2H3/b16-11-. The van der Waals surface area contributed by atoms with Crippen molar-refractivity contribution < 1.29 is 4.79 Å². The SMILES string of the molecule is Cc1c(N2C(=O)/C(=C/c3cccnc3)SC2=S)c(=O)n(-c2ccccc2)n1C. The molecule has 0 atom stereocenters. The van der Waals surface area contributed by atoms with Gasteiger partial charge in [0.2, 0.25) is 0 Å². The van der Waals surface area contributed by atoms with Gasteiger partial charge in [-0.1, -0.05) is 48.2 Å². The van der Waals surface area contributed by atoms with Gasteiger partial charge < -0.3 is 0 Å². The number of para-hydroxylation sites is 1. The molecule has 0 aliphatic carbocycles. The molecule has 3 heterocycles. The van der Waals surface area contributed by atoms with Gasteiger partial charge in [0.25, 0.3) is 11.5 Å². The Hall–Kier alpha value is -2.97. The summed E-state index contributed by atoms with van der Waals surface area (Å²) >= 11 is 6.62. The smallest absolute Gasteiger partial charge is 0.283 e. The van der Waals surface area contributed by atoms with Gasteiger partial charge >= 0.3 is 0 Å². The van der Waals surface area contributed by atoms with Gasteiger partial charge in [-0.2, -0.15) is 0 Å². The lowest BCUT2D eigenvalue weighted by Crippen LogP contribution is -2.33. The second kappa shape index (κ2) is 7.21. The minimum atomic E-state index is -0.301. The van der Waals surface area contributed by atoms with E-state index in [1.807, 2.05) is 36.4 Å². The van der Waals surface area contributed by atoms with Crippen LogP contribution in [0.4, 0.5) is 5.69 Å². The Morgan fingerprint density at radius 3 is 2.54 bits per heavy atom. The van der Waals surface area contributed by atoms with Crippen LogP contribution in [0.5, 0.6) is 0 Å². The number of thiocarbonyl (C=S) groups is 1. The number of benzene rings is 1. The number of carbonyl (C=O) groups is 1. The van der Waals surface area contributed by atoms with Crippen molar-refractivity contribution in [2.24, 2.45) is 7.05 Å². The van der Waals surface area contributed by atoms with Crippen LogP contribution in [0.3, 0.4) is 0 Å². The van der Waals surface area contributed by atoms with Crippen molar-refractivity contribution in [1.82, 2.24) is 14.3 Å². The van der Waals surface area contributed by atoms with Crippen molar-refractivity contribution in [2.75, 3.05) is 4.90 Å². The second-order valence-corrected chi connectivity index (χ2v) is 7.89. The maximum absolute atomic E-state index is 13.2. The van der Waals surface area contributed by atoms with Gasteiger partial charge in [-0.3, -0.25) is 24.2 Å². The third-order valence-electron chi connectivity index (χ3n) is 4.52. The fourth-order valence-electron chi connectivity index (χ4n) is 3.08. The minimum Gasteiger partial charge on any atom is -0.283 e. The van der Waals surface area contributed by atoms with Gasteiger partial charge in [-0.25, -0.2) is 4.68 Å². The lowest BCUT2D eigenvalue weighted by molar-refractivity contribution is -0.113. The number of amides is 1. The van der Waals surface area contributed by atoms with Gasteiger partial charge in [0.1, 0.15) is 5.69 Å². The third-order valence-corrected chi connectivity index (χ3v) is 5.83. The summed E-state index contributed by atoms with van der Waals surface area (Å²) < 4.78 is 3.61. The summed E-state index contributed by atoms with van der Waals surface area (Å²) in [5.74, 6) is -0.301. The Morgan fingerprint density at radius 2 is 1.86 bits per heavy atom. The predicted molar refractivity (Wildman–Crippen MR) is 116 cm³/mol. The predicted octanol–water partition coefficient (Wildman–Crippen LogP) is 3.29.